The maximum atomic E-state index is 13.4. The maximum absolute atomic E-state index is 13.4. The molecule has 2 aromatic rings. The molecule has 3 rings (SSSR count). The second-order valence-corrected chi connectivity index (χ2v) is 7.56. The molecule has 0 fully saturated rings. The van der Waals surface area contributed by atoms with Crippen molar-refractivity contribution in [1.82, 2.24) is 4.90 Å². The van der Waals surface area contributed by atoms with Gasteiger partial charge in [-0.05, 0) is 42.0 Å². The van der Waals surface area contributed by atoms with Crippen LogP contribution in [0.1, 0.15) is 62.3 Å². The van der Waals surface area contributed by atoms with Crippen LogP contribution in [0.15, 0.2) is 48.5 Å². The van der Waals surface area contributed by atoms with Crippen molar-refractivity contribution < 1.29 is 4.79 Å². The summed E-state index contributed by atoms with van der Waals surface area (Å²) in [5.41, 5.74) is 3.56. The van der Waals surface area contributed by atoms with Crippen molar-refractivity contribution in [2.75, 3.05) is 6.54 Å². The van der Waals surface area contributed by atoms with Crippen LogP contribution >= 0.6 is 11.6 Å². The van der Waals surface area contributed by atoms with Gasteiger partial charge in [0, 0.05) is 17.5 Å². The predicted octanol–water partition coefficient (Wildman–Crippen LogP) is 6.03. The molecular weight excluding hydrogens is 342 g/mol. The molecule has 0 N–H and O–H groups in total. The van der Waals surface area contributed by atoms with Gasteiger partial charge in [0.2, 0.25) is 5.91 Å². The van der Waals surface area contributed by atoms with Gasteiger partial charge in [-0.3, -0.25) is 4.79 Å². The van der Waals surface area contributed by atoms with E-state index in [4.69, 9.17) is 11.6 Å². The van der Waals surface area contributed by atoms with Crippen molar-refractivity contribution in [2.45, 2.75) is 52.0 Å². The number of hydrogen-bond donors (Lipinski definition) is 0. The van der Waals surface area contributed by atoms with E-state index in [-0.39, 0.29) is 17.9 Å². The van der Waals surface area contributed by atoms with E-state index in [2.05, 4.69) is 49.1 Å². The van der Waals surface area contributed by atoms with E-state index in [1.54, 1.807) is 0 Å². The molecule has 1 heterocycles. The molecule has 3 heteroatoms. The normalized spacial score (nSPS) is 17.7. The van der Waals surface area contributed by atoms with E-state index in [0.29, 0.717) is 0 Å². The van der Waals surface area contributed by atoms with Gasteiger partial charge in [-0.1, -0.05) is 80.8 Å². The summed E-state index contributed by atoms with van der Waals surface area (Å²) in [6, 6.07) is 16.3. The Bertz CT molecular complexity index is 757. The highest BCUT2D eigenvalue weighted by Crippen LogP contribution is 2.39. The number of fused-ring (bicyclic) bond motifs is 1. The number of halogens is 1. The fourth-order valence-electron chi connectivity index (χ4n) is 4.02. The molecule has 0 saturated heterocycles. The number of benzene rings is 2. The van der Waals surface area contributed by atoms with Crippen LogP contribution in [-0.4, -0.2) is 17.4 Å². The number of hydrogen-bond acceptors (Lipinski definition) is 1. The van der Waals surface area contributed by atoms with Crippen LogP contribution in [0.25, 0.3) is 0 Å². The van der Waals surface area contributed by atoms with Crippen molar-refractivity contribution in [1.29, 1.82) is 0 Å². The first kappa shape index (κ1) is 19.0. The van der Waals surface area contributed by atoms with Crippen LogP contribution in [0.5, 0.6) is 0 Å². The Labute approximate surface area is 162 Å². The first-order valence-corrected chi connectivity index (χ1v) is 10.2. The molecule has 0 unspecified atom stereocenters. The Balaban J connectivity index is 2.01. The SMILES string of the molecule is CCCC[C@H](CC)C(=O)N1CCc2ccccc2[C@@H]1c1ccccc1Cl. The summed E-state index contributed by atoms with van der Waals surface area (Å²) in [4.78, 5) is 15.5. The summed E-state index contributed by atoms with van der Waals surface area (Å²) in [7, 11) is 0. The summed E-state index contributed by atoms with van der Waals surface area (Å²) in [6.45, 7) is 5.07. The van der Waals surface area contributed by atoms with Crippen LogP contribution in [0.2, 0.25) is 5.02 Å². The monoisotopic (exact) mass is 369 g/mol. The molecule has 2 atom stereocenters. The zero-order valence-corrected chi connectivity index (χ0v) is 16.5. The molecule has 138 valence electrons. The van der Waals surface area contributed by atoms with Gasteiger partial charge in [0.25, 0.3) is 0 Å². The average Bonchev–Trinajstić information content (AvgIpc) is 2.68. The van der Waals surface area contributed by atoms with Gasteiger partial charge in [0.1, 0.15) is 0 Å². The third-order valence-electron chi connectivity index (χ3n) is 5.51. The molecule has 0 bridgehead atoms. The van der Waals surface area contributed by atoms with Crippen LogP contribution in [0.4, 0.5) is 0 Å². The van der Waals surface area contributed by atoms with Gasteiger partial charge >= 0.3 is 0 Å². The van der Waals surface area contributed by atoms with E-state index in [9.17, 15) is 4.79 Å². The number of carbonyl (C=O) groups excluding carboxylic acids is 1. The van der Waals surface area contributed by atoms with Crippen LogP contribution in [-0.2, 0) is 11.2 Å². The molecule has 0 aliphatic carbocycles. The van der Waals surface area contributed by atoms with E-state index in [0.717, 1.165) is 49.2 Å². The number of unbranched alkanes of at least 4 members (excludes halogenated alkanes) is 1. The third-order valence-corrected chi connectivity index (χ3v) is 5.86. The summed E-state index contributed by atoms with van der Waals surface area (Å²) in [5, 5.41) is 0.730. The van der Waals surface area contributed by atoms with Crippen molar-refractivity contribution in [2.24, 2.45) is 5.92 Å². The lowest BCUT2D eigenvalue weighted by Crippen LogP contribution is -2.43. The second-order valence-electron chi connectivity index (χ2n) is 7.15. The molecule has 0 radical (unpaired) electrons. The highest BCUT2D eigenvalue weighted by atomic mass is 35.5. The van der Waals surface area contributed by atoms with Gasteiger partial charge in [-0.2, -0.15) is 0 Å². The van der Waals surface area contributed by atoms with Gasteiger partial charge in [0.05, 0.1) is 6.04 Å². The number of nitrogens with zero attached hydrogens (tertiary/aromatic N) is 1. The quantitative estimate of drug-likeness (QED) is 0.608. The first-order chi connectivity index (χ1) is 12.7. The topological polar surface area (TPSA) is 20.3 Å². The standard InChI is InChI=1S/C23H28ClNO/c1-3-5-10-17(4-2)23(26)25-16-15-18-11-6-7-12-19(18)22(25)20-13-8-9-14-21(20)24/h6-9,11-14,17,22H,3-5,10,15-16H2,1-2H3/t17-,22+/m0/s1. The molecule has 1 aliphatic rings. The summed E-state index contributed by atoms with van der Waals surface area (Å²) in [5.74, 6) is 0.380. The predicted molar refractivity (Wildman–Crippen MR) is 108 cm³/mol. The van der Waals surface area contributed by atoms with E-state index < -0.39 is 0 Å². The average molecular weight is 370 g/mol. The molecule has 1 aliphatic heterocycles. The lowest BCUT2D eigenvalue weighted by molar-refractivity contribution is -0.138. The fourth-order valence-corrected chi connectivity index (χ4v) is 4.26. The Hall–Kier alpha value is -1.80. The van der Waals surface area contributed by atoms with Gasteiger partial charge in [-0.25, -0.2) is 0 Å². The lowest BCUT2D eigenvalue weighted by Gasteiger charge is -2.40. The Morgan fingerprint density at radius 3 is 2.50 bits per heavy atom. The molecule has 2 nitrogen and oxygen atoms in total. The Morgan fingerprint density at radius 2 is 1.81 bits per heavy atom. The van der Waals surface area contributed by atoms with E-state index >= 15 is 0 Å². The molecule has 0 saturated carbocycles. The Kier molecular flexibility index (Phi) is 6.37. The molecule has 0 spiro atoms. The minimum Gasteiger partial charge on any atom is -0.331 e. The van der Waals surface area contributed by atoms with Crippen molar-refractivity contribution >= 4 is 17.5 Å². The minimum atomic E-state index is -0.0863. The van der Waals surface area contributed by atoms with E-state index in [1.165, 1.54) is 11.1 Å². The number of amides is 1. The second kappa shape index (κ2) is 8.73. The largest absolute Gasteiger partial charge is 0.331 e. The zero-order valence-electron chi connectivity index (χ0n) is 15.7. The van der Waals surface area contributed by atoms with Crippen LogP contribution in [0, 0.1) is 5.92 Å². The maximum Gasteiger partial charge on any atom is 0.226 e. The molecule has 1 amide bonds. The summed E-state index contributed by atoms with van der Waals surface area (Å²) in [6.07, 6.45) is 5.00. The van der Waals surface area contributed by atoms with Crippen molar-refractivity contribution in [3.8, 4) is 0 Å². The Morgan fingerprint density at radius 1 is 1.12 bits per heavy atom. The molecular formula is C23H28ClNO. The molecule has 2 aromatic carbocycles. The molecule has 0 aromatic heterocycles. The fraction of sp³-hybridized carbons (Fsp3) is 0.435. The van der Waals surface area contributed by atoms with Crippen LogP contribution < -0.4 is 0 Å². The smallest absolute Gasteiger partial charge is 0.226 e. The number of rotatable bonds is 6. The summed E-state index contributed by atoms with van der Waals surface area (Å²) >= 11 is 6.55. The van der Waals surface area contributed by atoms with Crippen molar-refractivity contribution in [3.05, 3.63) is 70.2 Å². The summed E-state index contributed by atoms with van der Waals surface area (Å²) < 4.78 is 0. The first-order valence-electron chi connectivity index (χ1n) is 9.80. The zero-order chi connectivity index (χ0) is 18.5. The van der Waals surface area contributed by atoms with Gasteiger partial charge < -0.3 is 4.90 Å². The van der Waals surface area contributed by atoms with E-state index in [1.807, 2.05) is 18.2 Å². The third kappa shape index (κ3) is 3.81. The van der Waals surface area contributed by atoms with Crippen molar-refractivity contribution in [3.63, 3.8) is 0 Å². The highest BCUT2D eigenvalue weighted by Gasteiger charge is 2.35. The minimum absolute atomic E-state index is 0.0863. The van der Waals surface area contributed by atoms with Crippen LogP contribution in [0.3, 0.4) is 0 Å². The van der Waals surface area contributed by atoms with Gasteiger partial charge in [0.15, 0.2) is 0 Å². The highest BCUT2D eigenvalue weighted by molar-refractivity contribution is 6.31. The molecule has 26 heavy (non-hydrogen) atoms. The number of carbonyl (C=O) groups is 1. The lowest BCUT2D eigenvalue weighted by atomic mass is 9.86. The van der Waals surface area contributed by atoms with Gasteiger partial charge in [-0.15, -0.1) is 0 Å².